The zero-order valence-corrected chi connectivity index (χ0v) is 14.4. The van der Waals surface area contributed by atoms with Gasteiger partial charge >= 0.3 is 98.5 Å². The molecule has 0 N–H and O–H groups in total. The first kappa shape index (κ1) is 17.4. The Hall–Kier alpha value is 3.27. The fraction of sp³-hybridized carbons (Fsp3) is 0. The van der Waals surface area contributed by atoms with Crippen molar-refractivity contribution in [2.45, 2.75) is 0 Å². The van der Waals surface area contributed by atoms with Crippen LogP contribution in [0.15, 0.2) is 0 Å². The first-order valence-corrected chi connectivity index (χ1v) is 3.50. The van der Waals surface area contributed by atoms with E-state index < -0.39 is 20.2 Å². The van der Waals surface area contributed by atoms with Crippen molar-refractivity contribution < 1.29 is 116 Å². The Morgan fingerprint density at radius 2 is 1.12 bits per heavy atom. The predicted octanol–water partition coefficient (Wildman–Crippen LogP) is -7.33. The van der Waals surface area contributed by atoms with E-state index in [0.29, 0.717) is 0 Å². The van der Waals surface area contributed by atoms with E-state index in [1.165, 1.54) is 0 Å². The van der Waals surface area contributed by atoms with Crippen molar-refractivity contribution in [3.05, 3.63) is 0 Å². The zero-order valence-electron chi connectivity index (χ0n) is 4.45. The van der Waals surface area contributed by atoms with E-state index >= 15 is 0 Å². The van der Waals surface area contributed by atoms with Gasteiger partial charge in [0.2, 0.25) is 0 Å². The largest absolute Gasteiger partial charge is 1.00 e. The van der Waals surface area contributed by atoms with E-state index in [2.05, 4.69) is 0 Å². The number of hydrogen-bond donors (Lipinski definition) is 0. The van der Waals surface area contributed by atoms with E-state index in [4.69, 9.17) is 17.5 Å². The van der Waals surface area contributed by atoms with Gasteiger partial charge in [-0.3, -0.25) is 8.42 Å². The number of rotatable bonds is 1. The van der Waals surface area contributed by atoms with Crippen LogP contribution in [-0.4, -0.2) is 17.5 Å². The summed E-state index contributed by atoms with van der Waals surface area (Å²) in [4.78, 5) is 0. The van der Waals surface area contributed by atoms with Gasteiger partial charge in [0.05, 0.1) is 0 Å². The van der Waals surface area contributed by atoms with Crippen LogP contribution < -0.4 is 98.5 Å². The maximum absolute atomic E-state index is 9.09. The first-order chi connectivity index (χ1) is 2.64. The molecule has 4 nitrogen and oxygen atoms in total. The van der Waals surface area contributed by atoms with Crippen LogP contribution in [-0.2, 0) is 20.2 Å². The third-order valence-corrected chi connectivity index (χ3v) is 1.00. The standard InChI is InChI=1S/Cs.Na.H2O4S2/c;;1-5(2)6(3)4/h;;(H,1,2)(H,3,4)/q2*+1;/p-2. The molecular weight excluding hydrogens is 284 g/mol. The summed E-state index contributed by atoms with van der Waals surface area (Å²) in [6.07, 6.45) is 0. The monoisotopic (exact) mass is 284 g/mol. The van der Waals surface area contributed by atoms with Crippen molar-refractivity contribution in [2.75, 3.05) is 0 Å². The maximum atomic E-state index is 9.09. The molecule has 0 aromatic carbocycles. The van der Waals surface area contributed by atoms with E-state index in [9.17, 15) is 0 Å². The fourth-order valence-electron chi connectivity index (χ4n) is 0. The summed E-state index contributed by atoms with van der Waals surface area (Å²) in [5, 5.41) is 0. The minimum absolute atomic E-state index is 0. The van der Waals surface area contributed by atoms with Gasteiger partial charge in [-0.2, -0.15) is 0 Å². The molecular formula is CsNaO4S2. The van der Waals surface area contributed by atoms with Crippen molar-refractivity contribution in [2.24, 2.45) is 0 Å². The number of hydrogen-bond acceptors (Lipinski definition) is 4. The molecule has 0 rings (SSSR count). The van der Waals surface area contributed by atoms with Crippen LogP contribution in [0.3, 0.4) is 0 Å². The molecule has 0 aliphatic carbocycles. The molecule has 2 atom stereocenters. The smallest absolute Gasteiger partial charge is 0.763 e. The Kier molecular flexibility index (Phi) is 22.3. The van der Waals surface area contributed by atoms with Gasteiger partial charge in [0.1, 0.15) is 0 Å². The van der Waals surface area contributed by atoms with E-state index in [1.54, 1.807) is 0 Å². The first-order valence-electron chi connectivity index (χ1n) is 0.833. The molecule has 0 fully saturated rings. The topological polar surface area (TPSA) is 80.3 Å². The molecule has 0 radical (unpaired) electrons. The van der Waals surface area contributed by atoms with Crippen LogP contribution in [0.1, 0.15) is 0 Å². The summed E-state index contributed by atoms with van der Waals surface area (Å²) in [5.41, 5.74) is 0. The molecule has 0 saturated carbocycles. The Morgan fingerprint density at radius 1 is 1.00 bits per heavy atom. The maximum Gasteiger partial charge on any atom is 1.00 e. The summed E-state index contributed by atoms with van der Waals surface area (Å²) in [7, 11) is -5.90. The van der Waals surface area contributed by atoms with Crippen LogP contribution in [0, 0.1) is 0 Å². The quantitative estimate of drug-likeness (QED) is 0.272. The van der Waals surface area contributed by atoms with Crippen LogP contribution in [0.25, 0.3) is 0 Å². The van der Waals surface area contributed by atoms with E-state index in [-0.39, 0.29) is 98.5 Å². The third kappa shape index (κ3) is 12.0. The summed E-state index contributed by atoms with van der Waals surface area (Å²) in [6.45, 7) is 0. The van der Waals surface area contributed by atoms with Gasteiger partial charge in [0.25, 0.3) is 0 Å². The van der Waals surface area contributed by atoms with Crippen LogP contribution >= 0.6 is 0 Å². The van der Waals surface area contributed by atoms with Gasteiger partial charge in [0.15, 0.2) is 0 Å². The third-order valence-electron chi connectivity index (χ3n) is 0.111. The zero-order chi connectivity index (χ0) is 5.15. The molecule has 0 amide bonds. The molecule has 0 aromatic heterocycles. The fourth-order valence-corrected chi connectivity index (χ4v) is 0. The average Bonchev–Trinajstić information content (AvgIpc) is 1.36. The molecule has 0 aliphatic rings. The van der Waals surface area contributed by atoms with Gasteiger partial charge in [-0.1, -0.05) is 0 Å². The molecule has 0 spiro atoms. The molecule has 0 heterocycles. The van der Waals surface area contributed by atoms with Crippen LogP contribution in [0.5, 0.6) is 0 Å². The van der Waals surface area contributed by atoms with Gasteiger partial charge < -0.3 is 9.11 Å². The minimum atomic E-state index is -2.95. The molecule has 0 aromatic rings. The van der Waals surface area contributed by atoms with Crippen molar-refractivity contribution in [1.29, 1.82) is 0 Å². The normalized spacial score (nSPS) is 14.8. The average molecular weight is 284 g/mol. The Morgan fingerprint density at radius 3 is 1.12 bits per heavy atom. The van der Waals surface area contributed by atoms with E-state index in [1.807, 2.05) is 0 Å². The summed E-state index contributed by atoms with van der Waals surface area (Å²) in [6, 6.07) is 0. The minimum Gasteiger partial charge on any atom is -0.763 e. The van der Waals surface area contributed by atoms with E-state index in [0.717, 1.165) is 0 Å². The Balaban J connectivity index is -0.000000125. The Bertz CT molecular complexity index is 80.0. The molecule has 8 heavy (non-hydrogen) atoms. The summed E-state index contributed by atoms with van der Waals surface area (Å²) in [5.74, 6) is 0. The SMILES string of the molecule is O=S([O-])S(=O)[O-].[Cs+].[Na+]. The van der Waals surface area contributed by atoms with Crippen molar-refractivity contribution >= 4 is 20.2 Å². The molecule has 2 unspecified atom stereocenters. The van der Waals surface area contributed by atoms with Gasteiger partial charge in [-0.15, -0.1) is 0 Å². The van der Waals surface area contributed by atoms with Crippen molar-refractivity contribution in [3.63, 3.8) is 0 Å². The van der Waals surface area contributed by atoms with Crippen LogP contribution in [0.4, 0.5) is 0 Å². The van der Waals surface area contributed by atoms with Gasteiger partial charge in [-0.05, 0) is 0 Å². The molecule has 0 saturated heterocycles. The summed E-state index contributed by atoms with van der Waals surface area (Å²) >= 11 is 0. The molecule has 38 valence electrons. The van der Waals surface area contributed by atoms with Gasteiger partial charge in [-0.25, -0.2) is 0 Å². The second-order valence-electron chi connectivity index (χ2n) is 0.408. The van der Waals surface area contributed by atoms with Gasteiger partial charge in [0, 0.05) is 20.2 Å². The Labute approximate surface area is 132 Å². The predicted molar refractivity (Wildman–Crippen MR) is 17.8 cm³/mol. The molecule has 0 bridgehead atoms. The second kappa shape index (κ2) is 10.3. The molecule has 0 aliphatic heterocycles. The second-order valence-corrected chi connectivity index (χ2v) is 2.86. The van der Waals surface area contributed by atoms with Crippen LogP contribution in [0.2, 0.25) is 0 Å². The van der Waals surface area contributed by atoms with Crippen molar-refractivity contribution in [1.82, 2.24) is 0 Å². The summed E-state index contributed by atoms with van der Waals surface area (Å²) < 4.78 is 36.3. The molecule has 8 heteroatoms. The van der Waals surface area contributed by atoms with Crippen molar-refractivity contribution in [3.8, 4) is 0 Å².